The third-order valence-electron chi connectivity index (χ3n) is 1.89. The highest BCUT2D eigenvalue weighted by Gasteiger charge is 2.31. The maximum absolute atomic E-state index is 11.5. The number of hydrogen-bond acceptors (Lipinski definition) is 4. The van der Waals surface area contributed by atoms with Crippen LogP contribution in [0, 0.1) is 0 Å². The number of rotatable bonds is 2. The van der Waals surface area contributed by atoms with Crippen LogP contribution in [-0.2, 0) is 4.79 Å². The van der Waals surface area contributed by atoms with Crippen LogP contribution in [0.15, 0.2) is 16.8 Å². The first-order chi connectivity index (χ1) is 6.50. The third kappa shape index (κ3) is 2.26. The van der Waals surface area contributed by atoms with E-state index in [0.29, 0.717) is 12.2 Å². The van der Waals surface area contributed by atoms with E-state index in [1.165, 1.54) is 0 Å². The van der Waals surface area contributed by atoms with Gasteiger partial charge in [0.15, 0.2) is 0 Å². The second-order valence-electron chi connectivity index (χ2n) is 3.62. The van der Waals surface area contributed by atoms with Gasteiger partial charge in [-0.3, -0.25) is 4.79 Å². The van der Waals surface area contributed by atoms with E-state index in [1.807, 2.05) is 26.8 Å². The van der Waals surface area contributed by atoms with Gasteiger partial charge in [0.05, 0.1) is 10.7 Å². The van der Waals surface area contributed by atoms with Gasteiger partial charge in [-0.05, 0) is 39.1 Å². The van der Waals surface area contributed by atoms with Gasteiger partial charge in [0.2, 0.25) is 0 Å². The number of hydrazine groups is 1. The molecule has 1 aliphatic heterocycles. The van der Waals surface area contributed by atoms with Crippen molar-refractivity contribution in [3.8, 4) is 0 Å². The maximum Gasteiger partial charge on any atom is 0.303 e. The van der Waals surface area contributed by atoms with Gasteiger partial charge in [0, 0.05) is 6.54 Å². The molecule has 1 N–H and O–H groups in total. The quantitative estimate of drug-likeness (QED) is 0.549. The summed E-state index contributed by atoms with van der Waals surface area (Å²) in [5.41, 5.74) is 3.49. The molecule has 0 saturated heterocycles. The molecule has 0 saturated carbocycles. The number of carbonyl (C=O) groups is 1. The fourth-order valence-electron chi connectivity index (χ4n) is 1.39. The van der Waals surface area contributed by atoms with Crippen LogP contribution in [0.25, 0.3) is 0 Å². The lowest BCUT2D eigenvalue weighted by atomic mass is 10.1. The van der Waals surface area contributed by atoms with Crippen LogP contribution in [0.4, 0.5) is 0 Å². The molecule has 0 atom stereocenters. The highest BCUT2D eigenvalue weighted by atomic mass is 32.1. The van der Waals surface area contributed by atoms with Crippen molar-refractivity contribution >= 4 is 23.3 Å². The fourth-order valence-corrected chi connectivity index (χ4v) is 1.47. The van der Waals surface area contributed by atoms with Crippen molar-refractivity contribution in [2.24, 2.45) is 4.99 Å². The number of amides is 1. The Morgan fingerprint density at radius 3 is 2.93 bits per heavy atom. The van der Waals surface area contributed by atoms with Crippen molar-refractivity contribution in [3.05, 3.63) is 11.8 Å². The molecule has 0 fully saturated rings. The lowest BCUT2D eigenvalue weighted by Crippen LogP contribution is -2.43. The standard InChI is InChI=1S/C9H13N3OS/c1-4-12-7(8(13)10-6-14)5-9(2,3)11-12/h5,11H,4H2,1-3H3. The Kier molecular flexibility index (Phi) is 3.16. The summed E-state index contributed by atoms with van der Waals surface area (Å²) in [6.07, 6.45) is 1.84. The second-order valence-corrected chi connectivity index (χ2v) is 3.80. The topological polar surface area (TPSA) is 44.7 Å². The van der Waals surface area contributed by atoms with Crippen LogP contribution in [0.3, 0.4) is 0 Å². The zero-order valence-corrected chi connectivity index (χ0v) is 9.31. The number of isothiocyanates is 1. The highest BCUT2D eigenvalue weighted by molar-refractivity contribution is 7.78. The molecule has 76 valence electrons. The lowest BCUT2D eigenvalue weighted by molar-refractivity contribution is -0.115. The molecule has 1 aliphatic rings. The number of likely N-dealkylation sites (N-methyl/N-ethyl adjacent to an activating group) is 1. The zero-order chi connectivity index (χ0) is 10.8. The second kappa shape index (κ2) is 4.00. The van der Waals surface area contributed by atoms with Crippen LogP contribution in [-0.4, -0.2) is 28.2 Å². The number of nitrogens with one attached hydrogen (secondary N) is 1. The van der Waals surface area contributed by atoms with Crippen LogP contribution in [0.1, 0.15) is 20.8 Å². The highest BCUT2D eigenvalue weighted by Crippen LogP contribution is 2.20. The van der Waals surface area contributed by atoms with Crippen molar-refractivity contribution in [3.63, 3.8) is 0 Å². The summed E-state index contributed by atoms with van der Waals surface area (Å²) in [6.45, 7) is 6.62. The maximum atomic E-state index is 11.5. The SMILES string of the molecule is CCN1NC(C)(C)C=C1C(=O)N=C=S. The Labute approximate surface area is 88.7 Å². The van der Waals surface area contributed by atoms with Crippen LogP contribution in [0.5, 0.6) is 0 Å². The van der Waals surface area contributed by atoms with E-state index >= 15 is 0 Å². The van der Waals surface area contributed by atoms with Gasteiger partial charge in [-0.15, -0.1) is 0 Å². The van der Waals surface area contributed by atoms with Crippen molar-refractivity contribution < 1.29 is 4.79 Å². The van der Waals surface area contributed by atoms with E-state index in [2.05, 4.69) is 27.8 Å². The lowest BCUT2D eigenvalue weighted by Gasteiger charge is -2.23. The molecule has 1 amide bonds. The molecule has 0 spiro atoms. The molecule has 0 bridgehead atoms. The molecule has 0 aromatic carbocycles. The molecule has 0 unspecified atom stereocenters. The van der Waals surface area contributed by atoms with Gasteiger partial charge in [-0.2, -0.15) is 4.99 Å². The number of aliphatic imine (C=N–C) groups is 1. The largest absolute Gasteiger partial charge is 0.303 e. The predicted molar refractivity (Wildman–Crippen MR) is 57.7 cm³/mol. The Bertz CT molecular complexity index is 329. The molecule has 1 heterocycles. The molecule has 0 aliphatic carbocycles. The predicted octanol–water partition coefficient (Wildman–Crippen LogP) is 1.12. The van der Waals surface area contributed by atoms with Crippen molar-refractivity contribution in [2.45, 2.75) is 26.3 Å². The zero-order valence-electron chi connectivity index (χ0n) is 8.50. The van der Waals surface area contributed by atoms with Crippen molar-refractivity contribution in [2.75, 3.05) is 6.54 Å². The molecule has 0 aromatic heterocycles. The minimum atomic E-state index is -0.347. The molecule has 4 nitrogen and oxygen atoms in total. The van der Waals surface area contributed by atoms with Gasteiger partial charge < -0.3 is 5.01 Å². The van der Waals surface area contributed by atoms with Gasteiger partial charge in [0.25, 0.3) is 0 Å². The Morgan fingerprint density at radius 1 is 1.79 bits per heavy atom. The van der Waals surface area contributed by atoms with Gasteiger partial charge in [-0.1, -0.05) is 0 Å². The average molecular weight is 211 g/mol. The molecule has 1 rings (SSSR count). The normalized spacial score (nSPS) is 18.8. The average Bonchev–Trinajstić information content (AvgIpc) is 2.41. The van der Waals surface area contributed by atoms with Gasteiger partial charge in [0.1, 0.15) is 5.70 Å². The van der Waals surface area contributed by atoms with E-state index in [4.69, 9.17) is 0 Å². The summed E-state index contributed by atoms with van der Waals surface area (Å²) >= 11 is 4.39. The summed E-state index contributed by atoms with van der Waals surface area (Å²) in [4.78, 5) is 14.9. The minimum absolute atomic E-state index is 0.210. The third-order valence-corrected chi connectivity index (χ3v) is 1.99. The summed E-state index contributed by atoms with van der Waals surface area (Å²) in [6, 6.07) is 0. The molecule has 5 heteroatoms. The number of nitrogens with zero attached hydrogens (tertiary/aromatic N) is 2. The molecule has 0 aromatic rings. The van der Waals surface area contributed by atoms with E-state index in [-0.39, 0.29) is 11.4 Å². The molecular weight excluding hydrogens is 198 g/mol. The van der Waals surface area contributed by atoms with E-state index in [0.717, 1.165) is 0 Å². The summed E-state index contributed by atoms with van der Waals surface area (Å²) in [7, 11) is 0. The van der Waals surface area contributed by atoms with E-state index in [1.54, 1.807) is 5.01 Å². The first-order valence-corrected chi connectivity index (χ1v) is 4.81. The number of carbonyl (C=O) groups excluding carboxylic acids is 1. The smallest absolute Gasteiger partial charge is 0.303 e. The Balaban J connectivity index is 2.95. The van der Waals surface area contributed by atoms with E-state index < -0.39 is 0 Å². The number of hydrogen-bond donors (Lipinski definition) is 1. The van der Waals surface area contributed by atoms with E-state index in [9.17, 15) is 4.79 Å². The fraction of sp³-hybridized carbons (Fsp3) is 0.556. The Morgan fingerprint density at radius 2 is 2.43 bits per heavy atom. The summed E-state index contributed by atoms with van der Waals surface area (Å²) in [5, 5.41) is 3.84. The summed E-state index contributed by atoms with van der Waals surface area (Å²) in [5.74, 6) is -0.347. The van der Waals surface area contributed by atoms with Crippen molar-refractivity contribution in [1.29, 1.82) is 0 Å². The first-order valence-electron chi connectivity index (χ1n) is 4.40. The Hall–Kier alpha value is -1.03. The molecule has 14 heavy (non-hydrogen) atoms. The molecule has 0 radical (unpaired) electrons. The monoisotopic (exact) mass is 211 g/mol. The summed E-state index contributed by atoms with van der Waals surface area (Å²) < 4.78 is 0. The van der Waals surface area contributed by atoms with Crippen molar-refractivity contribution in [1.82, 2.24) is 10.4 Å². The van der Waals surface area contributed by atoms with Crippen LogP contribution in [0.2, 0.25) is 0 Å². The van der Waals surface area contributed by atoms with Crippen LogP contribution >= 0.6 is 12.2 Å². The van der Waals surface area contributed by atoms with Gasteiger partial charge >= 0.3 is 5.91 Å². The van der Waals surface area contributed by atoms with Gasteiger partial charge in [-0.25, -0.2) is 5.43 Å². The van der Waals surface area contributed by atoms with Crippen LogP contribution < -0.4 is 5.43 Å². The minimum Gasteiger partial charge on any atom is -0.303 e. The number of thiocarbonyl (C=S) groups is 1. The first kappa shape index (κ1) is 11.0. The molecular formula is C9H13N3OS.